The number of halogens is 1. The molecule has 0 spiro atoms. The van der Waals surface area contributed by atoms with E-state index in [1.807, 2.05) is 24.3 Å². The van der Waals surface area contributed by atoms with Gasteiger partial charge in [-0.15, -0.1) is 21.5 Å². The lowest BCUT2D eigenvalue weighted by Crippen LogP contribution is -2.04. The van der Waals surface area contributed by atoms with Crippen molar-refractivity contribution in [1.82, 2.24) is 15.2 Å². The molecule has 1 aromatic carbocycles. The second-order valence-electron chi connectivity index (χ2n) is 6.18. The molecule has 4 nitrogen and oxygen atoms in total. The lowest BCUT2D eigenvalue weighted by molar-refractivity contribution is 0.334. The first-order chi connectivity index (χ1) is 12.3. The van der Waals surface area contributed by atoms with Crippen LogP contribution in [0.5, 0.6) is 0 Å². The van der Waals surface area contributed by atoms with E-state index >= 15 is 0 Å². The number of hydrogen-bond donors (Lipinski definition) is 0. The van der Waals surface area contributed by atoms with Crippen LogP contribution in [0, 0.1) is 0 Å². The molecule has 1 aliphatic rings. The Morgan fingerprint density at radius 2 is 1.92 bits per heavy atom. The van der Waals surface area contributed by atoms with Crippen LogP contribution in [0.15, 0.2) is 39.3 Å². The zero-order valence-corrected chi connectivity index (χ0v) is 16.0. The molecular weight excluding hydrogens is 374 g/mol. The van der Waals surface area contributed by atoms with Crippen molar-refractivity contribution in [2.24, 2.45) is 0 Å². The summed E-state index contributed by atoms with van der Waals surface area (Å²) in [5.41, 5.74) is 2.11. The van der Waals surface area contributed by atoms with Crippen LogP contribution in [0.25, 0.3) is 10.6 Å². The summed E-state index contributed by atoms with van der Waals surface area (Å²) >= 11 is 9.13. The van der Waals surface area contributed by atoms with Crippen LogP contribution in [0.4, 0.5) is 0 Å². The normalized spacial score (nSPS) is 15.6. The molecule has 0 aliphatic heterocycles. The van der Waals surface area contributed by atoms with Gasteiger partial charge in [-0.3, -0.25) is 0 Å². The highest BCUT2D eigenvalue weighted by Crippen LogP contribution is 2.34. The Hall–Kier alpha value is -1.37. The van der Waals surface area contributed by atoms with Crippen molar-refractivity contribution < 1.29 is 4.42 Å². The van der Waals surface area contributed by atoms with Crippen molar-refractivity contribution in [3.8, 4) is 10.6 Å². The Balaban J connectivity index is 1.37. The first-order valence-corrected chi connectivity index (χ1v) is 10.7. The number of aromatic nitrogens is 3. The average molecular weight is 392 g/mol. The second kappa shape index (κ2) is 7.89. The van der Waals surface area contributed by atoms with Crippen molar-refractivity contribution in [2.45, 2.75) is 49.0 Å². The minimum Gasteiger partial charge on any atom is -0.416 e. The number of thioether (sulfide) groups is 1. The molecule has 130 valence electrons. The Morgan fingerprint density at radius 1 is 1.12 bits per heavy atom. The van der Waals surface area contributed by atoms with E-state index in [1.165, 1.54) is 32.1 Å². The van der Waals surface area contributed by atoms with Crippen molar-refractivity contribution in [3.63, 3.8) is 0 Å². The molecule has 0 amide bonds. The number of rotatable bonds is 5. The van der Waals surface area contributed by atoms with E-state index in [1.54, 1.807) is 23.1 Å². The summed E-state index contributed by atoms with van der Waals surface area (Å²) in [7, 11) is 0. The van der Waals surface area contributed by atoms with Gasteiger partial charge in [0.2, 0.25) is 5.89 Å². The van der Waals surface area contributed by atoms with Crippen LogP contribution >= 0.6 is 34.7 Å². The molecule has 0 N–H and O–H groups in total. The number of nitrogens with zero attached hydrogens (tertiary/aromatic N) is 3. The fraction of sp³-hybridized carbons (Fsp3) is 0.389. The summed E-state index contributed by atoms with van der Waals surface area (Å²) in [6.45, 7) is 0. The molecule has 0 saturated heterocycles. The maximum absolute atomic E-state index is 5.94. The standard InChI is InChI=1S/C18H18ClN3OS2/c19-14-8-6-13(7-9-14)17-20-15(10-24-17)11-25-18-22-21-16(23-18)12-4-2-1-3-5-12/h6-10,12H,1-5,11H2. The van der Waals surface area contributed by atoms with Gasteiger partial charge in [0.1, 0.15) is 5.01 Å². The molecule has 4 rings (SSSR count). The zero-order valence-electron chi connectivity index (χ0n) is 13.7. The molecule has 7 heteroatoms. The molecule has 0 atom stereocenters. The fourth-order valence-corrected chi connectivity index (χ4v) is 4.75. The van der Waals surface area contributed by atoms with E-state index in [2.05, 4.69) is 20.6 Å². The van der Waals surface area contributed by atoms with Gasteiger partial charge < -0.3 is 4.42 Å². The Morgan fingerprint density at radius 3 is 2.72 bits per heavy atom. The highest BCUT2D eigenvalue weighted by atomic mass is 35.5. The third-order valence-corrected chi connectivity index (χ3v) is 6.41. The van der Waals surface area contributed by atoms with Crippen LogP contribution in [0.3, 0.4) is 0 Å². The first kappa shape index (κ1) is 17.1. The third-order valence-electron chi connectivity index (χ3n) is 4.36. The van der Waals surface area contributed by atoms with E-state index in [0.717, 1.165) is 32.9 Å². The largest absolute Gasteiger partial charge is 0.416 e. The Kier molecular flexibility index (Phi) is 5.39. The summed E-state index contributed by atoms with van der Waals surface area (Å²) in [4.78, 5) is 4.69. The van der Waals surface area contributed by atoms with Gasteiger partial charge in [0, 0.05) is 27.6 Å². The van der Waals surface area contributed by atoms with Gasteiger partial charge in [-0.05, 0) is 25.0 Å². The molecule has 1 saturated carbocycles. The van der Waals surface area contributed by atoms with Gasteiger partial charge in [-0.1, -0.05) is 54.8 Å². The summed E-state index contributed by atoms with van der Waals surface area (Å²) < 4.78 is 5.85. The van der Waals surface area contributed by atoms with Crippen LogP contribution in [0.1, 0.15) is 49.6 Å². The molecule has 0 bridgehead atoms. The van der Waals surface area contributed by atoms with Crippen molar-refractivity contribution in [1.29, 1.82) is 0 Å². The smallest absolute Gasteiger partial charge is 0.276 e. The molecule has 2 aromatic heterocycles. The van der Waals surface area contributed by atoms with Crippen LogP contribution in [0.2, 0.25) is 5.02 Å². The molecule has 0 radical (unpaired) electrons. The maximum atomic E-state index is 5.94. The quantitative estimate of drug-likeness (QED) is 0.485. The van der Waals surface area contributed by atoms with E-state index in [0.29, 0.717) is 11.1 Å². The van der Waals surface area contributed by atoms with Crippen LogP contribution < -0.4 is 0 Å². The Labute approximate surface area is 160 Å². The monoisotopic (exact) mass is 391 g/mol. The van der Waals surface area contributed by atoms with Crippen LogP contribution in [-0.2, 0) is 5.75 Å². The molecule has 0 unspecified atom stereocenters. The van der Waals surface area contributed by atoms with Gasteiger partial charge in [0.05, 0.1) is 5.69 Å². The second-order valence-corrected chi connectivity index (χ2v) is 8.40. The minimum absolute atomic E-state index is 0.450. The minimum atomic E-state index is 0.450. The average Bonchev–Trinajstić information content (AvgIpc) is 3.31. The van der Waals surface area contributed by atoms with Gasteiger partial charge in [0.25, 0.3) is 5.22 Å². The molecule has 3 aromatic rings. The molecule has 1 fully saturated rings. The van der Waals surface area contributed by atoms with Gasteiger partial charge >= 0.3 is 0 Å². The van der Waals surface area contributed by atoms with Crippen molar-refractivity contribution in [2.75, 3.05) is 0 Å². The van der Waals surface area contributed by atoms with Gasteiger partial charge in [-0.25, -0.2) is 4.98 Å². The SMILES string of the molecule is Clc1ccc(-c2nc(CSc3nnc(C4CCCCC4)o3)cs2)cc1. The maximum Gasteiger partial charge on any atom is 0.276 e. The number of hydrogen-bond acceptors (Lipinski definition) is 6. The lowest BCUT2D eigenvalue weighted by atomic mass is 9.89. The summed E-state index contributed by atoms with van der Waals surface area (Å²) in [5.74, 6) is 1.99. The zero-order chi connectivity index (χ0) is 17.1. The molecule has 2 heterocycles. The van der Waals surface area contributed by atoms with Crippen molar-refractivity contribution in [3.05, 3.63) is 46.3 Å². The van der Waals surface area contributed by atoms with Gasteiger partial charge in [-0.2, -0.15) is 0 Å². The van der Waals surface area contributed by atoms with E-state index < -0.39 is 0 Å². The molecular formula is C18H18ClN3OS2. The predicted octanol–water partition coefficient (Wildman–Crippen LogP) is 6.19. The summed E-state index contributed by atoms with van der Waals surface area (Å²) in [6.07, 6.45) is 6.20. The third kappa shape index (κ3) is 4.25. The van der Waals surface area contributed by atoms with E-state index in [-0.39, 0.29) is 0 Å². The lowest BCUT2D eigenvalue weighted by Gasteiger charge is -2.17. The van der Waals surface area contributed by atoms with E-state index in [4.69, 9.17) is 16.0 Å². The molecule has 25 heavy (non-hydrogen) atoms. The Bertz CT molecular complexity index is 825. The molecule has 1 aliphatic carbocycles. The summed E-state index contributed by atoms with van der Waals surface area (Å²) in [6, 6.07) is 7.76. The van der Waals surface area contributed by atoms with E-state index in [9.17, 15) is 0 Å². The summed E-state index contributed by atoms with van der Waals surface area (Å²) in [5, 5.41) is 12.9. The highest BCUT2D eigenvalue weighted by Gasteiger charge is 2.21. The number of benzene rings is 1. The van der Waals surface area contributed by atoms with Crippen molar-refractivity contribution >= 4 is 34.7 Å². The first-order valence-electron chi connectivity index (χ1n) is 8.44. The topological polar surface area (TPSA) is 51.8 Å². The van der Waals surface area contributed by atoms with Crippen LogP contribution in [-0.4, -0.2) is 15.2 Å². The number of thiazole rings is 1. The van der Waals surface area contributed by atoms with Gasteiger partial charge in [0.15, 0.2) is 0 Å². The fourth-order valence-electron chi connectivity index (χ4n) is 3.03. The highest BCUT2D eigenvalue weighted by molar-refractivity contribution is 7.98. The predicted molar refractivity (Wildman–Crippen MR) is 102 cm³/mol.